The molecule has 25 heavy (non-hydrogen) atoms. The van der Waals surface area contributed by atoms with Gasteiger partial charge in [0.1, 0.15) is 6.04 Å². The molecule has 134 valence electrons. The van der Waals surface area contributed by atoms with E-state index in [0.29, 0.717) is 10.7 Å². The largest absolute Gasteiger partial charge is 0.418 e. The van der Waals surface area contributed by atoms with Crippen molar-refractivity contribution < 1.29 is 18.0 Å². The summed E-state index contributed by atoms with van der Waals surface area (Å²) in [5.74, 6) is -0.621. The number of hydrogen-bond donors (Lipinski definition) is 2. The van der Waals surface area contributed by atoms with Crippen LogP contribution in [-0.4, -0.2) is 11.9 Å². The highest BCUT2D eigenvalue weighted by atomic mass is 35.5. The average molecular weight is 391 g/mol. The molecule has 8 heteroatoms. The molecule has 2 aromatic rings. The maximum atomic E-state index is 13.1. The predicted molar refractivity (Wildman–Crippen MR) is 94.4 cm³/mol. The number of carbonyl (C=O) groups excluding carboxylic acids is 1. The molecule has 0 aromatic heterocycles. The number of alkyl halides is 3. The van der Waals surface area contributed by atoms with Gasteiger partial charge in [-0.15, -0.1) is 0 Å². The number of nitrogens with one attached hydrogen (secondary N) is 2. The predicted octanol–water partition coefficient (Wildman–Crippen LogP) is 5.76. The van der Waals surface area contributed by atoms with Crippen molar-refractivity contribution in [1.82, 2.24) is 0 Å². The quantitative estimate of drug-likeness (QED) is 0.696. The van der Waals surface area contributed by atoms with Crippen LogP contribution in [-0.2, 0) is 11.0 Å². The van der Waals surface area contributed by atoms with E-state index in [-0.39, 0.29) is 10.7 Å². The van der Waals surface area contributed by atoms with Crippen LogP contribution >= 0.6 is 23.2 Å². The summed E-state index contributed by atoms with van der Waals surface area (Å²) in [5, 5.41) is 5.63. The highest BCUT2D eigenvalue weighted by Crippen LogP contribution is 2.36. The lowest BCUT2D eigenvalue weighted by Crippen LogP contribution is -2.32. The molecule has 0 spiro atoms. The van der Waals surface area contributed by atoms with E-state index in [1.807, 2.05) is 6.92 Å². The Morgan fingerprint density at radius 2 is 1.80 bits per heavy atom. The molecule has 2 N–H and O–H groups in total. The van der Waals surface area contributed by atoms with Crippen LogP contribution in [0.5, 0.6) is 0 Å². The number of aryl methyl sites for hydroxylation is 1. The van der Waals surface area contributed by atoms with Gasteiger partial charge in [-0.1, -0.05) is 29.3 Å². The van der Waals surface area contributed by atoms with E-state index in [9.17, 15) is 18.0 Å². The lowest BCUT2D eigenvalue weighted by atomic mass is 10.1. The molecule has 2 rings (SSSR count). The number of hydrogen-bond acceptors (Lipinski definition) is 2. The molecule has 1 atom stereocenters. The van der Waals surface area contributed by atoms with Crippen LogP contribution in [0.4, 0.5) is 24.5 Å². The second-order valence-electron chi connectivity index (χ2n) is 5.51. The van der Waals surface area contributed by atoms with Crippen molar-refractivity contribution in [2.45, 2.75) is 26.1 Å². The normalized spacial score (nSPS) is 12.6. The summed E-state index contributed by atoms with van der Waals surface area (Å²) in [6.07, 6.45) is -4.63. The molecular formula is C17H15Cl2F3N2O. The van der Waals surface area contributed by atoms with Crippen molar-refractivity contribution >= 4 is 40.5 Å². The minimum Gasteiger partial charge on any atom is -0.374 e. The fourth-order valence-electron chi connectivity index (χ4n) is 2.10. The fraction of sp³-hybridized carbons (Fsp3) is 0.235. The van der Waals surface area contributed by atoms with Crippen molar-refractivity contribution in [3.8, 4) is 0 Å². The summed E-state index contributed by atoms with van der Waals surface area (Å²) >= 11 is 11.6. The van der Waals surface area contributed by atoms with Crippen LogP contribution in [0.25, 0.3) is 0 Å². The summed E-state index contributed by atoms with van der Waals surface area (Å²) < 4.78 is 39.2. The molecular weight excluding hydrogens is 376 g/mol. The second-order valence-corrected chi connectivity index (χ2v) is 6.35. The van der Waals surface area contributed by atoms with Gasteiger partial charge in [0.25, 0.3) is 0 Å². The van der Waals surface area contributed by atoms with Gasteiger partial charge in [-0.05, 0) is 49.7 Å². The highest BCUT2D eigenvalue weighted by molar-refractivity contribution is 6.31. The lowest BCUT2D eigenvalue weighted by Gasteiger charge is -2.18. The van der Waals surface area contributed by atoms with E-state index in [1.165, 1.54) is 13.0 Å². The molecule has 2 aromatic carbocycles. The lowest BCUT2D eigenvalue weighted by molar-refractivity contribution is -0.137. The maximum absolute atomic E-state index is 13.1. The van der Waals surface area contributed by atoms with Crippen LogP contribution in [0.3, 0.4) is 0 Å². The van der Waals surface area contributed by atoms with Gasteiger partial charge in [-0.25, -0.2) is 0 Å². The Bertz CT molecular complexity index is 794. The average Bonchev–Trinajstić information content (AvgIpc) is 2.51. The summed E-state index contributed by atoms with van der Waals surface area (Å²) in [6, 6.07) is 7.54. The van der Waals surface area contributed by atoms with Gasteiger partial charge in [0.2, 0.25) is 5.91 Å². The Labute approximate surface area is 153 Å². The molecule has 0 heterocycles. The molecule has 3 nitrogen and oxygen atoms in total. The number of amides is 1. The SMILES string of the molecule is Cc1ccc(NC(C)C(=O)Nc2ccc(Cl)cc2C(F)(F)F)cc1Cl. The van der Waals surface area contributed by atoms with Crippen molar-refractivity contribution in [2.24, 2.45) is 0 Å². The van der Waals surface area contributed by atoms with Crippen LogP contribution in [0, 0.1) is 6.92 Å². The molecule has 0 radical (unpaired) electrons. The van der Waals surface area contributed by atoms with E-state index in [1.54, 1.807) is 18.2 Å². The summed E-state index contributed by atoms with van der Waals surface area (Å²) in [7, 11) is 0. The molecule has 0 bridgehead atoms. The van der Waals surface area contributed by atoms with E-state index in [2.05, 4.69) is 10.6 Å². The third-order valence-corrected chi connectivity index (χ3v) is 4.14. The van der Waals surface area contributed by atoms with Crippen molar-refractivity contribution in [3.05, 3.63) is 57.6 Å². The van der Waals surface area contributed by atoms with Gasteiger partial charge in [-0.3, -0.25) is 4.79 Å². The zero-order valence-electron chi connectivity index (χ0n) is 13.3. The summed E-state index contributed by atoms with van der Waals surface area (Å²) in [4.78, 5) is 12.2. The van der Waals surface area contributed by atoms with Gasteiger partial charge in [0, 0.05) is 15.7 Å². The zero-order valence-corrected chi connectivity index (χ0v) is 14.9. The van der Waals surface area contributed by atoms with Crippen LogP contribution in [0.15, 0.2) is 36.4 Å². The Kier molecular flexibility index (Phi) is 5.85. The van der Waals surface area contributed by atoms with Crippen LogP contribution < -0.4 is 10.6 Å². The smallest absolute Gasteiger partial charge is 0.374 e. The Balaban J connectivity index is 2.15. The van der Waals surface area contributed by atoms with Crippen molar-refractivity contribution in [3.63, 3.8) is 0 Å². The topological polar surface area (TPSA) is 41.1 Å². The first-order valence-electron chi connectivity index (χ1n) is 7.28. The van der Waals surface area contributed by atoms with Crippen molar-refractivity contribution in [2.75, 3.05) is 10.6 Å². The molecule has 0 saturated carbocycles. The number of anilines is 2. The molecule has 1 amide bonds. The monoisotopic (exact) mass is 390 g/mol. The first-order valence-corrected chi connectivity index (χ1v) is 8.04. The first-order chi connectivity index (χ1) is 11.6. The van der Waals surface area contributed by atoms with Crippen LogP contribution in [0.1, 0.15) is 18.1 Å². The number of benzene rings is 2. The van der Waals surface area contributed by atoms with E-state index >= 15 is 0 Å². The van der Waals surface area contributed by atoms with E-state index < -0.39 is 23.7 Å². The molecule has 1 unspecified atom stereocenters. The fourth-order valence-corrected chi connectivity index (χ4v) is 2.45. The standard InChI is InChI=1S/C17H15Cl2F3N2O/c1-9-3-5-12(8-14(9)19)23-10(2)16(25)24-15-6-4-11(18)7-13(15)17(20,21)22/h3-8,10,23H,1-2H3,(H,24,25). The summed E-state index contributed by atoms with van der Waals surface area (Å²) in [5.41, 5.74) is 0.113. The third kappa shape index (κ3) is 5.03. The van der Waals surface area contributed by atoms with Gasteiger partial charge in [0.15, 0.2) is 0 Å². The van der Waals surface area contributed by atoms with Gasteiger partial charge in [-0.2, -0.15) is 13.2 Å². The van der Waals surface area contributed by atoms with E-state index in [0.717, 1.165) is 17.7 Å². The molecule has 0 fully saturated rings. The van der Waals surface area contributed by atoms with Crippen molar-refractivity contribution in [1.29, 1.82) is 0 Å². The Morgan fingerprint density at radius 3 is 2.40 bits per heavy atom. The Hall–Kier alpha value is -1.92. The Morgan fingerprint density at radius 1 is 1.12 bits per heavy atom. The highest BCUT2D eigenvalue weighted by Gasteiger charge is 2.34. The van der Waals surface area contributed by atoms with Gasteiger partial charge < -0.3 is 10.6 Å². The molecule has 0 aliphatic heterocycles. The minimum atomic E-state index is -4.63. The third-order valence-electron chi connectivity index (χ3n) is 3.49. The minimum absolute atomic E-state index is 0.0641. The molecule has 0 aliphatic carbocycles. The zero-order chi connectivity index (χ0) is 18.8. The van der Waals surface area contributed by atoms with E-state index in [4.69, 9.17) is 23.2 Å². The first kappa shape index (κ1) is 19.4. The summed E-state index contributed by atoms with van der Waals surface area (Å²) in [6.45, 7) is 3.37. The number of rotatable bonds is 4. The number of halogens is 5. The van der Waals surface area contributed by atoms with Gasteiger partial charge in [0.05, 0.1) is 11.3 Å². The number of carbonyl (C=O) groups is 1. The second kappa shape index (κ2) is 7.54. The van der Waals surface area contributed by atoms with Gasteiger partial charge >= 0.3 is 6.18 Å². The molecule has 0 aliphatic rings. The molecule has 0 saturated heterocycles. The van der Waals surface area contributed by atoms with Crippen LogP contribution in [0.2, 0.25) is 10.0 Å². The maximum Gasteiger partial charge on any atom is 0.418 e.